The van der Waals surface area contributed by atoms with Gasteiger partial charge in [0.2, 0.25) is 0 Å². The highest BCUT2D eigenvalue weighted by atomic mass is 16.1. The summed E-state index contributed by atoms with van der Waals surface area (Å²) in [5, 5.41) is 1.06. The highest BCUT2D eigenvalue weighted by Crippen LogP contribution is 2.34. The first-order valence-electron chi connectivity index (χ1n) is 12.3. The van der Waals surface area contributed by atoms with Gasteiger partial charge in [0.05, 0.1) is 5.52 Å². The topological polar surface area (TPSA) is 68.3 Å². The smallest absolute Gasteiger partial charge is 0.193 e. The summed E-state index contributed by atoms with van der Waals surface area (Å²) in [6.45, 7) is 7.50. The van der Waals surface area contributed by atoms with E-state index in [4.69, 9.17) is 5.84 Å². The molecule has 4 rings (SSSR count). The Morgan fingerprint density at radius 1 is 0.970 bits per heavy atom. The lowest BCUT2D eigenvalue weighted by molar-refractivity contribution is 0.0988. The van der Waals surface area contributed by atoms with E-state index in [1.807, 2.05) is 31.3 Å². The maximum Gasteiger partial charge on any atom is 0.193 e. The molecule has 1 saturated heterocycles. The van der Waals surface area contributed by atoms with Crippen molar-refractivity contribution in [3.05, 3.63) is 70.9 Å². The van der Waals surface area contributed by atoms with Gasteiger partial charge in [-0.25, -0.2) is 0 Å². The van der Waals surface area contributed by atoms with Crippen LogP contribution >= 0.6 is 0 Å². The standard InChI is InChI=1S/C28H35N3O2/c1-3-5-6-14-30-15-12-20(13-16-30)25-19-31(29)26-11-10-23(18-24(25)26)28(33)22-9-7-8-21(17-22)27(32)4-2/h7-11,17-20H,3-6,12-16,29H2,1-2H3. The van der Waals surface area contributed by atoms with E-state index in [1.165, 1.54) is 31.4 Å². The van der Waals surface area contributed by atoms with Crippen LogP contribution in [0.5, 0.6) is 0 Å². The van der Waals surface area contributed by atoms with Gasteiger partial charge in [0, 0.05) is 34.7 Å². The van der Waals surface area contributed by atoms with Crippen LogP contribution in [0.2, 0.25) is 0 Å². The number of nitrogen functional groups attached to an aromatic ring is 1. The molecule has 5 heteroatoms. The number of unbranched alkanes of at least 4 members (excludes halogenated alkanes) is 2. The van der Waals surface area contributed by atoms with E-state index < -0.39 is 0 Å². The molecule has 0 atom stereocenters. The SMILES string of the molecule is CCCCCN1CCC(c2cn(N)c3ccc(C(=O)c4cccc(C(=O)CC)c4)cc23)CC1. The van der Waals surface area contributed by atoms with E-state index in [-0.39, 0.29) is 11.6 Å². The summed E-state index contributed by atoms with van der Waals surface area (Å²) in [7, 11) is 0. The fraction of sp³-hybridized carbons (Fsp3) is 0.429. The van der Waals surface area contributed by atoms with Gasteiger partial charge in [-0.05, 0) is 74.6 Å². The van der Waals surface area contributed by atoms with Crippen LogP contribution in [0.4, 0.5) is 0 Å². The molecule has 33 heavy (non-hydrogen) atoms. The minimum Gasteiger partial charge on any atom is -0.339 e. The van der Waals surface area contributed by atoms with Gasteiger partial charge in [-0.2, -0.15) is 0 Å². The number of carbonyl (C=O) groups excluding carboxylic acids is 2. The number of rotatable bonds is 9. The Morgan fingerprint density at radius 3 is 2.42 bits per heavy atom. The van der Waals surface area contributed by atoms with Crippen LogP contribution in [0, 0.1) is 0 Å². The molecule has 0 spiro atoms. The fourth-order valence-electron chi connectivity index (χ4n) is 5.01. The van der Waals surface area contributed by atoms with Crippen molar-refractivity contribution in [3.63, 3.8) is 0 Å². The lowest BCUT2D eigenvalue weighted by atomic mass is 9.88. The molecule has 2 heterocycles. The number of nitrogens with two attached hydrogens (primary N) is 1. The van der Waals surface area contributed by atoms with Crippen molar-refractivity contribution in [1.82, 2.24) is 9.58 Å². The lowest BCUT2D eigenvalue weighted by Gasteiger charge is -2.32. The Morgan fingerprint density at radius 2 is 1.70 bits per heavy atom. The molecule has 0 radical (unpaired) electrons. The van der Waals surface area contributed by atoms with Gasteiger partial charge in [0.25, 0.3) is 0 Å². The number of Topliss-reactive ketones (excluding diaryl/α,β-unsaturated/α-hetero) is 1. The molecule has 0 bridgehead atoms. The van der Waals surface area contributed by atoms with E-state index in [9.17, 15) is 9.59 Å². The second kappa shape index (κ2) is 10.3. The highest BCUT2D eigenvalue weighted by molar-refractivity contribution is 6.12. The van der Waals surface area contributed by atoms with Gasteiger partial charge in [-0.1, -0.05) is 44.9 Å². The third-order valence-electron chi connectivity index (χ3n) is 7.00. The summed E-state index contributed by atoms with van der Waals surface area (Å²) in [6.07, 6.45) is 8.53. The number of piperidine rings is 1. The van der Waals surface area contributed by atoms with E-state index in [1.54, 1.807) is 28.9 Å². The minimum absolute atomic E-state index is 0.0450. The second-order valence-corrected chi connectivity index (χ2v) is 9.23. The molecule has 0 amide bonds. The van der Waals surface area contributed by atoms with Crippen molar-refractivity contribution in [3.8, 4) is 0 Å². The number of hydrogen-bond donors (Lipinski definition) is 1. The Balaban J connectivity index is 1.57. The van der Waals surface area contributed by atoms with Crippen LogP contribution in [0.1, 0.15) is 90.1 Å². The molecule has 0 unspecified atom stereocenters. The first kappa shape index (κ1) is 23.2. The number of carbonyl (C=O) groups is 2. The van der Waals surface area contributed by atoms with Gasteiger partial charge in [0.15, 0.2) is 11.6 Å². The summed E-state index contributed by atoms with van der Waals surface area (Å²) in [4.78, 5) is 27.9. The number of aromatic nitrogens is 1. The van der Waals surface area contributed by atoms with Crippen molar-refractivity contribution < 1.29 is 9.59 Å². The molecule has 5 nitrogen and oxygen atoms in total. The van der Waals surface area contributed by atoms with Crippen LogP contribution in [-0.4, -0.2) is 40.8 Å². The Kier molecular flexibility index (Phi) is 7.29. The summed E-state index contributed by atoms with van der Waals surface area (Å²) in [5.74, 6) is 6.72. The molecular weight excluding hydrogens is 410 g/mol. The predicted molar refractivity (Wildman–Crippen MR) is 135 cm³/mol. The number of likely N-dealkylation sites (tertiary alicyclic amines) is 1. The Labute approximate surface area is 196 Å². The van der Waals surface area contributed by atoms with E-state index in [0.717, 1.165) is 36.8 Å². The minimum atomic E-state index is -0.0656. The van der Waals surface area contributed by atoms with Crippen LogP contribution in [0.15, 0.2) is 48.7 Å². The molecule has 1 aliphatic rings. The first-order valence-corrected chi connectivity index (χ1v) is 12.3. The van der Waals surface area contributed by atoms with Gasteiger partial charge >= 0.3 is 0 Å². The molecule has 1 aliphatic heterocycles. The number of fused-ring (bicyclic) bond motifs is 1. The fourth-order valence-corrected chi connectivity index (χ4v) is 5.01. The summed E-state index contributed by atoms with van der Waals surface area (Å²) in [5.41, 5.74) is 3.95. The number of hydrogen-bond acceptors (Lipinski definition) is 4. The molecule has 3 aromatic rings. The maximum absolute atomic E-state index is 13.3. The maximum atomic E-state index is 13.3. The van der Waals surface area contributed by atoms with Crippen molar-refractivity contribution in [2.24, 2.45) is 0 Å². The Hall–Kier alpha value is -2.92. The summed E-state index contributed by atoms with van der Waals surface area (Å²) < 4.78 is 1.69. The largest absolute Gasteiger partial charge is 0.339 e. The number of benzene rings is 2. The highest BCUT2D eigenvalue weighted by Gasteiger charge is 2.24. The van der Waals surface area contributed by atoms with E-state index in [0.29, 0.717) is 29.0 Å². The van der Waals surface area contributed by atoms with Crippen molar-refractivity contribution in [1.29, 1.82) is 0 Å². The zero-order chi connectivity index (χ0) is 23.4. The van der Waals surface area contributed by atoms with E-state index >= 15 is 0 Å². The van der Waals surface area contributed by atoms with Crippen molar-refractivity contribution >= 4 is 22.5 Å². The van der Waals surface area contributed by atoms with E-state index in [2.05, 4.69) is 11.8 Å². The monoisotopic (exact) mass is 445 g/mol. The number of nitrogens with zero attached hydrogens (tertiary/aromatic N) is 2. The molecule has 0 aliphatic carbocycles. The predicted octanol–water partition coefficient (Wildman–Crippen LogP) is 5.55. The molecule has 2 N–H and O–H groups in total. The molecule has 1 aromatic heterocycles. The van der Waals surface area contributed by atoms with Gasteiger partial charge in [-0.15, -0.1) is 0 Å². The van der Waals surface area contributed by atoms with Gasteiger partial charge in [-0.3, -0.25) is 14.3 Å². The van der Waals surface area contributed by atoms with Crippen molar-refractivity contribution in [2.45, 2.75) is 58.3 Å². The molecule has 1 fully saturated rings. The zero-order valence-electron chi connectivity index (χ0n) is 19.8. The van der Waals surface area contributed by atoms with Crippen LogP contribution in [0.3, 0.4) is 0 Å². The van der Waals surface area contributed by atoms with Crippen LogP contribution in [0.25, 0.3) is 10.9 Å². The Bertz CT molecular complexity index is 1140. The third-order valence-corrected chi connectivity index (χ3v) is 7.00. The van der Waals surface area contributed by atoms with Crippen molar-refractivity contribution in [2.75, 3.05) is 25.5 Å². The first-order chi connectivity index (χ1) is 16.0. The average Bonchev–Trinajstić information content (AvgIpc) is 3.19. The molecule has 174 valence electrons. The average molecular weight is 446 g/mol. The lowest BCUT2D eigenvalue weighted by Crippen LogP contribution is -2.33. The molecular formula is C28H35N3O2. The summed E-state index contributed by atoms with van der Waals surface area (Å²) >= 11 is 0. The van der Waals surface area contributed by atoms with Crippen LogP contribution < -0.4 is 5.84 Å². The quantitative estimate of drug-likeness (QED) is 0.266. The van der Waals surface area contributed by atoms with Crippen LogP contribution in [-0.2, 0) is 0 Å². The summed E-state index contributed by atoms with van der Waals surface area (Å²) in [6, 6.07) is 12.8. The van der Waals surface area contributed by atoms with Gasteiger partial charge < -0.3 is 10.7 Å². The number of ketones is 2. The third kappa shape index (κ3) is 5.03. The zero-order valence-corrected chi connectivity index (χ0v) is 19.8. The normalized spacial score (nSPS) is 15.2. The molecule has 0 saturated carbocycles. The van der Waals surface area contributed by atoms with Gasteiger partial charge in [0.1, 0.15) is 0 Å². The molecule has 2 aromatic carbocycles. The second-order valence-electron chi connectivity index (χ2n) is 9.23.